The van der Waals surface area contributed by atoms with Crippen molar-refractivity contribution < 1.29 is 9.53 Å². The van der Waals surface area contributed by atoms with Crippen LogP contribution in [-0.4, -0.2) is 17.1 Å². The normalized spacial score (nSPS) is 10.9. The van der Waals surface area contributed by atoms with Gasteiger partial charge in [-0.15, -0.1) is 0 Å². The maximum absolute atomic E-state index is 11.9. The van der Waals surface area contributed by atoms with Crippen LogP contribution in [-0.2, 0) is 6.61 Å². The van der Waals surface area contributed by atoms with Crippen molar-refractivity contribution in [2.45, 2.75) is 6.61 Å². The van der Waals surface area contributed by atoms with Gasteiger partial charge in [-0.05, 0) is 58.3 Å². The van der Waals surface area contributed by atoms with Gasteiger partial charge in [-0.2, -0.15) is 5.10 Å². The highest BCUT2D eigenvalue weighted by molar-refractivity contribution is 5.94. The van der Waals surface area contributed by atoms with Gasteiger partial charge in [0.2, 0.25) is 0 Å². The summed E-state index contributed by atoms with van der Waals surface area (Å²) in [5, 5.41) is 6.38. The summed E-state index contributed by atoms with van der Waals surface area (Å²) in [6, 6.07) is 25.4. The first kappa shape index (κ1) is 18.4. The number of amides is 1. The van der Waals surface area contributed by atoms with Gasteiger partial charge in [-0.1, -0.05) is 42.5 Å². The van der Waals surface area contributed by atoms with E-state index in [1.807, 2.05) is 42.5 Å². The molecule has 0 aliphatic heterocycles. The van der Waals surface area contributed by atoms with E-state index in [1.165, 1.54) is 17.0 Å². The molecular formula is C24H19N3O2. The highest BCUT2D eigenvalue weighted by Crippen LogP contribution is 2.20. The molecule has 1 N–H and O–H groups in total. The zero-order valence-electron chi connectivity index (χ0n) is 15.7. The van der Waals surface area contributed by atoms with Gasteiger partial charge in [0, 0.05) is 12.4 Å². The molecule has 0 bridgehead atoms. The summed E-state index contributed by atoms with van der Waals surface area (Å²) >= 11 is 0. The molecule has 1 aromatic heterocycles. The molecule has 0 saturated heterocycles. The summed E-state index contributed by atoms with van der Waals surface area (Å²) < 4.78 is 5.93. The summed E-state index contributed by atoms with van der Waals surface area (Å²) in [4.78, 5) is 15.8. The summed E-state index contributed by atoms with van der Waals surface area (Å²) in [5.41, 5.74) is 4.95. The SMILES string of the molecule is O=C(N/N=C\c1ccc(OCc2cccc3ccccc23)cc1)c1cccnc1. The summed E-state index contributed by atoms with van der Waals surface area (Å²) in [6.45, 7) is 0.496. The molecule has 0 unspecified atom stereocenters. The summed E-state index contributed by atoms with van der Waals surface area (Å²) in [6.07, 6.45) is 4.69. The molecule has 0 spiro atoms. The average molecular weight is 381 g/mol. The van der Waals surface area contributed by atoms with Gasteiger partial charge in [0.05, 0.1) is 11.8 Å². The minimum Gasteiger partial charge on any atom is -0.489 e. The zero-order valence-corrected chi connectivity index (χ0v) is 15.7. The molecular weight excluding hydrogens is 362 g/mol. The third-order valence-corrected chi connectivity index (χ3v) is 4.46. The number of fused-ring (bicyclic) bond motifs is 1. The van der Waals surface area contributed by atoms with Crippen molar-refractivity contribution in [1.82, 2.24) is 10.4 Å². The van der Waals surface area contributed by atoms with E-state index in [2.05, 4.69) is 39.8 Å². The number of carbonyl (C=O) groups excluding carboxylic acids is 1. The van der Waals surface area contributed by atoms with Gasteiger partial charge in [0.15, 0.2) is 0 Å². The fourth-order valence-corrected chi connectivity index (χ4v) is 2.96. The Kier molecular flexibility index (Phi) is 5.58. The molecule has 5 heteroatoms. The Morgan fingerprint density at radius 2 is 1.79 bits per heavy atom. The fourth-order valence-electron chi connectivity index (χ4n) is 2.96. The minimum absolute atomic E-state index is 0.301. The second-order valence-corrected chi connectivity index (χ2v) is 6.44. The van der Waals surface area contributed by atoms with Crippen LogP contribution in [0.4, 0.5) is 0 Å². The topological polar surface area (TPSA) is 63.6 Å². The van der Waals surface area contributed by atoms with E-state index < -0.39 is 0 Å². The van der Waals surface area contributed by atoms with Crippen LogP contribution in [0, 0.1) is 0 Å². The lowest BCUT2D eigenvalue weighted by molar-refractivity contribution is 0.0955. The second kappa shape index (κ2) is 8.80. The van der Waals surface area contributed by atoms with E-state index >= 15 is 0 Å². The standard InChI is InChI=1S/C24H19N3O2/c28-24(20-8-4-14-25-16-20)27-26-15-18-10-12-22(13-11-18)29-17-21-7-3-6-19-5-1-2-9-23(19)21/h1-16H,17H2,(H,27,28)/b26-15-. The van der Waals surface area contributed by atoms with Crippen molar-refractivity contribution in [3.63, 3.8) is 0 Å². The van der Waals surface area contributed by atoms with E-state index in [-0.39, 0.29) is 5.91 Å². The maximum atomic E-state index is 11.9. The van der Waals surface area contributed by atoms with Crippen molar-refractivity contribution in [1.29, 1.82) is 0 Å². The van der Waals surface area contributed by atoms with Crippen molar-refractivity contribution in [3.05, 3.63) is 108 Å². The number of nitrogens with one attached hydrogen (secondary N) is 1. The molecule has 0 atom stereocenters. The molecule has 4 rings (SSSR count). The molecule has 0 radical (unpaired) electrons. The lowest BCUT2D eigenvalue weighted by atomic mass is 10.1. The predicted octanol–water partition coefficient (Wildman–Crippen LogP) is 4.58. The maximum Gasteiger partial charge on any atom is 0.272 e. The second-order valence-electron chi connectivity index (χ2n) is 6.44. The Morgan fingerprint density at radius 3 is 2.62 bits per heavy atom. The van der Waals surface area contributed by atoms with Crippen molar-refractivity contribution >= 4 is 22.9 Å². The number of benzene rings is 3. The lowest BCUT2D eigenvalue weighted by Crippen LogP contribution is -2.17. The van der Waals surface area contributed by atoms with Crippen molar-refractivity contribution in [3.8, 4) is 5.75 Å². The monoisotopic (exact) mass is 381 g/mol. The smallest absolute Gasteiger partial charge is 0.272 e. The van der Waals surface area contributed by atoms with E-state index in [9.17, 15) is 4.79 Å². The highest BCUT2D eigenvalue weighted by Gasteiger charge is 2.03. The number of hydrogen-bond acceptors (Lipinski definition) is 4. The van der Waals surface area contributed by atoms with E-state index in [0.29, 0.717) is 12.2 Å². The van der Waals surface area contributed by atoms with E-state index in [0.717, 1.165) is 16.9 Å². The van der Waals surface area contributed by atoms with Crippen LogP contribution in [0.25, 0.3) is 10.8 Å². The molecule has 1 amide bonds. The van der Waals surface area contributed by atoms with Crippen LogP contribution in [0.3, 0.4) is 0 Å². The third kappa shape index (κ3) is 4.65. The number of hydrogen-bond donors (Lipinski definition) is 1. The van der Waals surface area contributed by atoms with Crippen LogP contribution < -0.4 is 10.2 Å². The van der Waals surface area contributed by atoms with E-state index in [1.54, 1.807) is 24.5 Å². The van der Waals surface area contributed by atoms with Gasteiger partial charge < -0.3 is 4.74 Å². The Bertz CT molecular complexity index is 1130. The van der Waals surface area contributed by atoms with Crippen LogP contribution in [0.15, 0.2) is 96.4 Å². The van der Waals surface area contributed by atoms with Crippen LogP contribution in [0.5, 0.6) is 5.75 Å². The number of pyridine rings is 1. The molecule has 3 aromatic carbocycles. The van der Waals surface area contributed by atoms with E-state index in [4.69, 9.17) is 4.74 Å². The molecule has 0 aliphatic carbocycles. The lowest BCUT2D eigenvalue weighted by Gasteiger charge is -2.09. The van der Waals surface area contributed by atoms with Gasteiger partial charge in [-0.3, -0.25) is 9.78 Å². The molecule has 142 valence electrons. The summed E-state index contributed by atoms with van der Waals surface area (Å²) in [7, 11) is 0. The van der Waals surface area contributed by atoms with Crippen LogP contribution in [0.2, 0.25) is 0 Å². The first-order valence-electron chi connectivity index (χ1n) is 9.22. The van der Waals surface area contributed by atoms with Crippen LogP contribution in [0.1, 0.15) is 21.5 Å². The summed E-state index contributed by atoms with van der Waals surface area (Å²) in [5.74, 6) is 0.471. The molecule has 5 nitrogen and oxygen atoms in total. The first-order valence-corrected chi connectivity index (χ1v) is 9.22. The molecule has 0 fully saturated rings. The number of ether oxygens (including phenoxy) is 1. The Balaban J connectivity index is 1.35. The number of nitrogens with zero attached hydrogens (tertiary/aromatic N) is 2. The number of aromatic nitrogens is 1. The first-order chi connectivity index (χ1) is 14.3. The number of carbonyl (C=O) groups is 1. The average Bonchev–Trinajstić information content (AvgIpc) is 2.79. The zero-order chi connectivity index (χ0) is 19.9. The molecule has 0 saturated carbocycles. The molecule has 4 aromatic rings. The number of hydrazone groups is 1. The van der Waals surface area contributed by atoms with Crippen molar-refractivity contribution in [2.24, 2.45) is 5.10 Å². The van der Waals surface area contributed by atoms with Gasteiger partial charge >= 0.3 is 0 Å². The largest absolute Gasteiger partial charge is 0.489 e. The molecule has 1 heterocycles. The Hall–Kier alpha value is -3.99. The van der Waals surface area contributed by atoms with Gasteiger partial charge in [0.1, 0.15) is 12.4 Å². The third-order valence-electron chi connectivity index (χ3n) is 4.46. The Morgan fingerprint density at radius 1 is 0.966 bits per heavy atom. The molecule has 0 aliphatic rings. The highest BCUT2D eigenvalue weighted by atomic mass is 16.5. The fraction of sp³-hybridized carbons (Fsp3) is 0.0417. The van der Waals surface area contributed by atoms with Crippen molar-refractivity contribution in [2.75, 3.05) is 0 Å². The van der Waals surface area contributed by atoms with Crippen LogP contribution >= 0.6 is 0 Å². The predicted molar refractivity (Wildman–Crippen MR) is 114 cm³/mol. The quantitative estimate of drug-likeness (QED) is 0.393. The molecule has 29 heavy (non-hydrogen) atoms. The Labute approximate surface area is 168 Å². The van der Waals surface area contributed by atoms with Gasteiger partial charge in [0.25, 0.3) is 5.91 Å². The van der Waals surface area contributed by atoms with Gasteiger partial charge in [-0.25, -0.2) is 5.43 Å². The minimum atomic E-state index is -0.301. The number of rotatable bonds is 6.